The van der Waals surface area contributed by atoms with Crippen LogP contribution in [0.1, 0.15) is 5.56 Å². The minimum Gasteiger partial charge on any atom is -0.378 e. The van der Waals surface area contributed by atoms with Gasteiger partial charge in [-0.1, -0.05) is 17.7 Å². The van der Waals surface area contributed by atoms with Crippen LogP contribution in [0.25, 0.3) is 11.0 Å². The van der Waals surface area contributed by atoms with Gasteiger partial charge in [0.05, 0.1) is 33.6 Å². The number of likely N-dealkylation sites (N-methyl/N-ethyl adjacent to an activating group) is 1. The van der Waals surface area contributed by atoms with Crippen LogP contribution in [0.5, 0.6) is 0 Å². The fourth-order valence-electron chi connectivity index (χ4n) is 3.23. The van der Waals surface area contributed by atoms with Crippen molar-refractivity contribution >= 4 is 34.0 Å². The van der Waals surface area contributed by atoms with Gasteiger partial charge in [-0.05, 0) is 24.7 Å². The van der Waals surface area contributed by atoms with E-state index in [4.69, 9.17) is 11.6 Å². The van der Waals surface area contributed by atoms with Gasteiger partial charge in [-0.2, -0.15) is 0 Å². The molecule has 1 saturated heterocycles. The molecule has 26 heavy (non-hydrogen) atoms. The first-order valence-electron chi connectivity index (χ1n) is 8.71. The lowest BCUT2D eigenvalue weighted by molar-refractivity contribution is 0.313. The van der Waals surface area contributed by atoms with Gasteiger partial charge < -0.3 is 15.1 Å². The van der Waals surface area contributed by atoms with Crippen molar-refractivity contribution in [1.82, 2.24) is 19.9 Å². The molecule has 1 aliphatic rings. The van der Waals surface area contributed by atoms with Crippen molar-refractivity contribution in [3.63, 3.8) is 0 Å². The molecule has 6 nitrogen and oxygen atoms in total. The van der Waals surface area contributed by atoms with Gasteiger partial charge in [-0.25, -0.2) is 0 Å². The molecule has 7 heteroatoms. The summed E-state index contributed by atoms with van der Waals surface area (Å²) in [5.41, 5.74) is 4.94. The highest BCUT2D eigenvalue weighted by Gasteiger charge is 2.20. The van der Waals surface area contributed by atoms with Crippen LogP contribution >= 0.6 is 11.6 Å². The Hall–Kier alpha value is -2.44. The first-order chi connectivity index (χ1) is 12.7. The molecule has 3 aromatic rings. The molecule has 2 aromatic heterocycles. The highest BCUT2D eigenvalue weighted by molar-refractivity contribution is 6.33. The fraction of sp³-hybridized carbons (Fsp3) is 0.316. The maximum absolute atomic E-state index is 6.48. The number of fused-ring (bicyclic) bond motifs is 1. The maximum atomic E-state index is 6.48. The van der Waals surface area contributed by atoms with Crippen molar-refractivity contribution in [3.8, 4) is 0 Å². The SMILES string of the molecule is CN1CCN(c2c(Cl)cncc2NCc2ccc3nccnc3c2)CC1. The van der Waals surface area contributed by atoms with Gasteiger partial charge in [0.1, 0.15) is 0 Å². The van der Waals surface area contributed by atoms with Crippen LogP contribution in [0, 0.1) is 0 Å². The van der Waals surface area contributed by atoms with Crippen molar-refractivity contribution in [2.45, 2.75) is 6.54 Å². The summed E-state index contributed by atoms with van der Waals surface area (Å²) >= 11 is 6.48. The summed E-state index contributed by atoms with van der Waals surface area (Å²) in [7, 11) is 2.15. The molecule has 0 bridgehead atoms. The van der Waals surface area contributed by atoms with Crippen LogP contribution in [-0.4, -0.2) is 53.1 Å². The minimum atomic E-state index is 0.676. The van der Waals surface area contributed by atoms with E-state index in [2.05, 4.69) is 49.2 Å². The first kappa shape index (κ1) is 17.0. The van der Waals surface area contributed by atoms with E-state index < -0.39 is 0 Å². The van der Waals surface area contributed by atoms with Crippen LogP contribution < -0.4 is 10.2 Å². The Morgan fingerprint density at radius 3 is 2.62 bits per heavy atom. The van der Waals surface area contributed by atoms with Crippen molar-refractivity contribution in [2.24, 2.45) is 0 Å². The third-order valence-electron chi connectivity index (χ3n) is 4.71. The quantitative estimate of drug-likeness (QED) is 0.763. The van der Waals surface area contributed by atoms with Gasteiger partial charge in [0, 0.05) is 51.3 Å². The van der Waals surface area contributed by atoms with Gasteiger partial charge in [-0.15, -0.1) is 0 Å². The number of benzene rings is 1. The topological polar surface area (TPSA) is 57.2 Å². The zero-order valence-electron chi connectivity index (χ0n) is 14.7. The summed E-state index contributed by atoms with van der Waals surface area (Å²) in [6.45, 7) is 4.65. The number of piperazine rings is 1. The fourth-order valence-corrected chi connectivity index (χ4v) is 3.50. The van der Waals surface area contributed by atoms with Crippen LogP contribution in [-0.2, 0) is 6.54 Å². The number of nitrogens with one attached hydrogen (secondary N) is 1. The van der Waals surface area contributed by atoms with Gasteiger partial charge >= 0.3 is 0 Å². The standard InChI is InChI=1S/C19H21ClN6/c1-25-6-8-26(9-7-25)19-15(20)12-21-13-18(19)24-11-14-2-3-16-17(10-14)23-5-4-22-16/h2-5,10,12-13,24H,6-9,11H2,1H3. The van der Waals surface area contributed by atoms with E-state index in [1.54, 1.807) is 18.6 Å². The summed E-state index contributed by atoms with van der Waals surface area (Å²) in [6, 6.07) is 6.12. The average Bonchev–Trinajstić information content (AvgIpc) is 2.67. The second-order valence-corrected chi connectivity index (χ2v) is 6.95. The number of rotatable bonds is 4. The van der Waals surface area contributed by atoms with E-state index in [-0.39, 0.29) is 0 Å². The van der Waals surface area contributed by atoms with Crippen LogP contribution in [0.3, 0.4) is 0 Å². The number of hydrogen-bond acceptors (Lipinski definition) is 6. The van der Waals surface area contributed by atoms with E-state index in [1.165, 1.54) is 0 Å². The Morgan fingerprint density at radius 1 is 1.04 bits per heavy atom. The second kappa shape index (κ2) is 7.43. The second-order valence-electron chi connectivity index (χ2n) is 6.54. The Labute approximate surface area is 157 Å². The number of nitrogens with zero attached hydrogens (tertiary/aromatic N) is 5. The third-order valence-corrected chi connectivity index (χ3v) is 4.99. The largest absolute Gasteiger partial charge is 0.378 e. The molecule has 3 heterocycles. The van der Waals surface area contributed by atoms with E-state index in [0.29, 0.717) is 11.6 Å². The minimum absolute atomic E-state index is 0.676. The number of pyridine rings is 1. The molecule has 0 radical (unpaired) electrons. The normalized spacial score (nSPS) is 15.4. The Morgan fingerprint density at radius 2 is 1.81 bits per heavy atom. The molecule has 1 aromatic carbocycles. The monoisotopic (exact) mass is 368 g/mol. The number of halogens is 1. The lowest BCUT2D eigenvalue weighted by atomic mass is 10.2. The average molecular weight is 369 g/mol. The molecule has 1 fully saturated rings. The third kappa shape index (κ3) is 3.57. The first-order valence-corrected chi connectivity index (χ1v) is 9.09. The molecule has 134 valence electrons. The molecule has 0 amide bonds. The van der Waals surface area contributed by atoms with Gasteiger partial charge in [0.2, 0.25) is 0 Å². The van der Waals surface area contributed by atoms with Crippen LogP contribution in [0.4, 0.5) is 11.4 Å². The lowest BCUT2D eigenvalue weighted by Gasteiger charge is -2.35. The van der Waals surface area contributed by atoms with Crippen LogP contribution in [0.2, 0.25) is 5.02 Å². The Balaban J connectivity index is 1.55. The smallest absolute Gasteiger partial charge is 0.0890 e. The van der Waals surface area contributed by atoms with E-state index in [9.17, 15) is 0 Å². The summed E-state index contributed by atoms with van der Waals surface area (Å²) in [5.74, 6) is 0. The summed E-state index contributed by atoms with van der Waals surface area (Å²) < 4.78 is 0. The van der Waals surface area contributed by atoms with Gasteiger partial charge in [0.25, 0.3) is 0 Å². The van der Waals surface area contributed by atoms with E-state index in [1.807, 2.05) is 12.3 Å². The lowest BCUT2D eigenvalue weighted by Crippen LogP contribution is -2.44. The molecule has 0 atom stereocenters. The molecular formula is C19H21ClN6. The molecule has 1 N–H and O–H groups in total. The number of aromatic nitrogens is 3. The number of hydrogen-bond donors (Lipinski definition) is 1. The molecular weight excluding hydrogens is 348 g/mol. The molecule has 0 spiro atoms. The Bertz CT molecular complexity index is 907. The van der Waals surface area contributed by atoms with Gasteiger partial charge in [-0.3, -0.25) is 15.0 Å². The van der Waals surface area contributed by atoms with Crippen molar-refractivity contribution in [3.05, 3.63) is 53.6 Å². The highest BCUT2D eigenvalue weighted by Crippen LogP contribution is 2.33. The molecule has 0 aliphatic carbocycles. The molecule has 1 aliphatic heterocycles. The summed E-state index contributed by atoms with van der Waals surface area (Å²) in [6.07, 6.45) is 6.98. The summed E-state index contributed by atoms with van der Waals surface area (Å²) in [5, 5.41) is 4.18. The zero-order chi connectivity index (χ0) is 17.9. The van der Waals surface area contributed by atoms with E-state index in [0.717, 1.165) is 54.2 Å². The summed E-state index contributed by atoms with van der Waals surface area (Å²) in [4.78, 5) is 17.6. The molecule has 0 saturated carbocycles. The predicted molar refractivity (Wildman–Crippen MR) is 106 cm³/mol. The molecule has 4 rings (SSSR count). The maximum Gasteiger partial charge on any atom is 0.0890 e. The Kier molecular flexibility index (Phi) is 4.86. The van der Waals surface area contributed by atoms with E-state index >= 15 is 0 Å². The predicted octanol–water partition coefficient (Wildman–Crippen LogP) is 3.04. The van der Waals surface area contributed by atoms with Crippen molar-refractivity contribution < 1.29 is 0 Å². The number of anilines is 2. The highest BCUT2D eigenvalue weighted by atomic mass is 35.5. The molecule has 0 unspecified atom stereocenters. The zero-order valence-corrected chi connectivity index (χ0v) is 15.4. The van der Waals surface area contributed by atoms with Crippen molar-refractivity contribution in [2.75, 3.05) is 43.4 Å². The van der Waals surface area contributed by atoms with Crippen LogP contribution in [0.15, 0.2) is 43.0 Å². The van der Waals surface area contributed by atoms with Gasteiger partial charge in [0.15, 0.2) is 0 Å². The van der Waals surface area contributed by atoms with Crippen molar-refractivity contribution in [1.29, 1.82) is 0 Å².